The van der Waals surface area contributed by atoms with Crippen molar-refractivity contribution in [3.8, 4) is 0 Å². The van der Waals surface area contributed by atoms with Crippen molar-refractivity contribution in [1.29, 1.82) is 0 Å². The first kappa shape index (κ1) is 16.0. The molecule has 0 aliphatic carbocycles. The SMILES string of the molecule is CCCCCN(C(=O)c1cc(C)nc(Cl)c1)C(C)C. The third-order valence-corrected chi connectivity index (χ3v) is 3.25. The molecule has 0 spiro atoms. The first-order valence-electron chi connectivity index (χ1n) is 6.90. The van der Waals surface area contributed by atoms with Crippen LogP contribution < -0.4 is 0 Å². The Morgan fingerprint density at radius 1 is 1.37 bits per heavy atom. The maximum absolute atomic E-state index is 12.5. The van der Waals surface area contributed by atoms with Crippen LogP contribution in [0.2, 0.25) is 5.15 Å². The average molecular weight is 283 g/mol. The number of carbonyl (C=O) groups is 1. The summed E-state index contributed by atoms with van der Waals surface area (Å²) in [5.74, 6) is 0.0403. The molecular formula is C15H23ClN2O. The molecule has 0 aromatic carbocycles. The highest BCUT2D eigenvalue weighted by molar-refractivity contribution is 6.29. The zero-order chi connectivity index (χ0) is 14.4. The van der Waals surface area contributed by atoms with E-state index in [0.717, 1.165) is 31.5 Å². The van der Waals surface area contributed by atoms with Crippen molar-refractivity contribution >= 4 is 17.5 Å². The molecule has 4 heteroatoms. The minimum Gasteiger partial charge on any atom is -0.336 e. The topological polar surface area (TPSA) is 33.2 Å². The number of aryl methyl sites for hydroxylation is 1. The fourth-order valence-electron chi connectivity index (χ4n) is 2.04. The molecule has 0 unspecified atom stereocenters. The van der Waals surface area contributed by atoms with Gasteiger partial charge >= 0.3 is 0 Å². The molecule has 1 rings (SSSR count). The van der Waals surface area contributed by atoms with Crippen molar-refractivity contribution in [3.05, 3.63) is 28.5 Å². The summed E-state index contributed by atoms with van der Waals surface area (Å²) >= 11 is 5.92. The summed E-state index contributed by atoms with van der Waals surface area (Å²) in [6.07, 6.45) is 3.34. The number of hydrogen-bond acceptors (Lipinski definition) is 2. The molecule has 0 aliphatic heterocycles. The number of aromatic nitrogens is 1. The molecule has 1 aromatic rings. The van der Waals surface area contributed by atoms with E-state index < -0.39 is 0 Å². The van der Waals surface area contributed by atoms with Crippen molar-refractivity contribution in [2.45, 2.75) is 53.0 Å². The number of amides is 1. The number of unbranched alkanes of at least 4 members (excludes halogenated alkanes) is 2. The van der Waals surface area contributed by atoms with Crippen LogP contribution in [0.4, 0.5) is 0 Å². The van der Waals surface area contributed by atoms with Gasteiger partial charge in [-0.15, -0.1) is 0 Å². The van der Waals surface area contributed by atoms with Crippen LogP contribution in [0.25, 0.3) is 0 Å². The second-order valence-corrected chi connectivity index (χ2v) is 5.51. The zero-order valence-corrected chi connectivity index (χ0v) is 13.0. The molecule has 0 aliphatic rings. The molecule has 106 valence electrons. The first-order chi connectivity index (χ1) is 8.95. The summed E-state index contributed by atoms with van der Waals surface area (Å²) in [4.78, 5) is 18.5. The van der Waals surface area contributed by atoms with Gasteiger partial charge in [-0.3, -0.25) is 4.79 Å². The second-order valence-electron chi connectivity index (χ2n) is 5.12. The summed E-state index contributed by atoms with van der Waals surface area (Å²) in [7, 11) is 0. The lowest BCUT2D eigenvalue weighted by molar-refractivity contribution is 0.0702. The van der Waals surface area contributed by atoms with Gasteiger partial charge in [-0.25, -0.2) is 4.98 Å². The number of carbonyl (C=O) groups excluding carboxylic acids is 1. The van der Waals surface area contributed by atoms with Crippen LogP contribution >= 0.6 is 11.6 Å². The van der Waals surface area contributed by atoms with Crippen molar-refractivity contribution in [3.63, 3.8) is 0 Å². The van der Waals surface area contributed by atoms with E-state index in [4.69, 9.17) is 11.6 Å². The van der Waals surface area contributed by atoms with Crippen molar-refractivity contribution in [2.24, 2.45) is 0 Å². The van der Waals surface area contributed by atoms with E-state index in [0.29, 0.717) is 10.7 Å². The van der Waals surface area contributed by atoms with E-state index >= 15 is 0 Å². The number of pyridine rings is 1. The zero-order valence-electron chi connectivity index (χ0n) is 12.2. The Labute approximate surface area is 121 Å². The molecule has 0 fully saturated rings. The van der Waals surface area contributed by atoms with E-state index in [1.807, 2.05) is 25.7 Å². The predicted molar refractivity (Wildman–Crippen MR) is 79.7 cm³/mol. The van der Waals surface area contributed by atoms with Crippen LogP contribution in [0.5, 0.6) is 0 Å². The molecule has 0 bridgehead atoms. The van der Waals surface area contributed by atoms with Crippen LogP contribution in [0, 0.1) is 6.92 Å². The summed E-state index contributed by atoms with van der Waals surface area (Å²) < 4.78 is 0. The Morgan fingerprint density at radius 2 is 2.05 bits per heavy atom. The van der Waals surface area contributed by atoms with E-state index in [9.17, 15) is 4.79 Å². The molecule has 0 saturated carbocycles. The van der Waals surface area contributed by atoms with Gasteiger partial charge in [0, 0.05) is 23.8 Å². The van der Waals surface area contributed by atoms with Gasteiger partial charge in [-0.05, 0) is 39.3 Å². The number of halogens is 1. The fraction of sp³-hybridized carbons (Fsp3) is 0.600. The van der Waals surface area contributed by atoms with E-state index in [2.05, 4.69) is 11.9 Å². The lowest BCUT2D eigenvalue weighted by Crippen LogP contribution is -2.37. The minimum absolute atomic E-state index is 0.0403. The quantitative estimate of drug-likeness (QED) is 0.582. The van der Waals surface area contributed by atoms with Crippen LogP contribution in [0.1, 0.15) is 56.1 Å². The number of rotatable bonds is 6. The van der Waals surface area contributed by atoms with Gasteiger partial charge in [0.25, 0.3) is 5.91 Å². The van der Waals surface area contributed by atoms with Crippen LogP contribution in [0.15, 0.2) is 12.1 Å². The Hall–Kier alpha value is -1.09. The van der Waals surface area contributed by atoms with E-state index in [1.165, 1.54) is 0 Å². The highest BCUT2D eigenvalue weighted by atomic mass is 35.5. The maximum Gasteiger partial charge on any atom is 0.254 e. The number of nitrogens with zero attached hydrogens (tertiary/aromatic N) is 2. The van der Waals surface area contributed by atoms with Gasteiger partial charge in [0.2, 0.25) is 0 Å². The van der Waals surface area contributed by atoms with Gasteiger partial charge in [0.1, 0.15) is 5.15 Å². The summed E-state index contributed by atoms with van der Waals surface area (Å²) in [5.41, 5.74) is 1.40. The third-order valence-electron chi connectivity index (χ3n) is 3.06. The Morgan fingerprint density at radius 3 is 2.58 bits per heavy atom. The lowest BCUT2D eigenvalue weighted by atomic mass is 10.1. The van der Waals surface area contributed by atoms with Crippen LogP contribution in [-0.4, -0.2) is 28.4 Å². The largest absolute Gasteiger partial charge is 0.336 e. The molecule has 0 atom stereocenters. The molecular weight excluding hydrogens is 260 g/mol. The van der Waals surface area contributed by atoms with E-state index in [1.54, 1.807) is 12.1 Å². The molecule has 1 heterocycles. The Balaban J connectivity index is 2.86. The van der Waals surface area contributed by atoms with Gasteiger partial charge in [-0.1, -0.05) is 31.4 Å². The Bertz CT molecular complexity index is 412. The standard InChI is InChI=1S/C15H23ClN2O/c1-5-6-7-8-18(11(2)3)15(19)13-9-12(4)17-14(16)10-13/h9-11H,5-8H2,1-4H3. The third kappa shape index (κ3) is 4.83. The molecule has 3 nitrogen and oxygen atoms in total. The highest BCUT2D eigenvalue weighted by Gasteiger charge is 2.19. The maximum atomic E-state index is 12.5. The Kier molecular flexibility index (Phi) is 6.29. The molecule has 19 heavy (non-hydrogen) atoms. The van der Waals surface area contributed by atoms with Crippen molar-refractivity contribution < 1.29 is 4.79 Å². The van der Waals surface area contributed by atoms with Crippen molar-refractivity contribution in [1.82, 2.24) is 9.88 Å². The highest BCUT2D eigenvalue weighted by Crippen LogP contribution is 2.15. The summed E-state index contributed by atoms with van der Waals surface area (Å²) in [6.45, 7) is 8.88. The smallest absolute Gasteiger partial charge is 0.254 e. The summed E-state index contributed by atoms with van der Waals surface area (Å²) in [5, 5.41) is 0.376. The average Bonchev–Trinajstić information content (AvgIpc) is 2.32. The van der Waals surface area contributed by atoms with Gasteiger partial charge in [-0.2, -0.15) is 0 Å². The lowest BCUT2D eigenvalue weighted by Gasteiger charge is -2.27. The molecule has 0 radical (unpaired) electrons. The first-order valence-corrected chi connectivity index (χ1v) is 7.28. The molecule has 1 aromatic heterocycles. The predicted octanol–water partition coefficient (Wildman–Crippen LogP) is 4.08. The minimum atomic E-state index is 0.0403. The van der Waals surface area contributed by atoms with Crippen LogP contribution in [-0.2, 0) is 0 Å². The molecule has 0 N–H and O–H groups in total. The van der Waals surface area contributed by atoms with Gasteiger partial charge < -0.3 is 4.90 Å². The second kappa shape index (κ2) is 7.49. The monoisotopic (exact) mass is 282 g/mol. The van der Waals surface area contributed by atoms with Gasteiger partial charge in [0.05, 0.1) is 0 Å². The van der Waals surface area contributed by atoms with Gasteiger partial charge in [0.15, 0.2) is 0 Å². The normalized spacial score (nSPS) is 10.8. The van der Waals surface area contributed by atoms with Crippen LogP contribution in [0.3, 0.4) is 0 Å². The molecule has 0 saturated heterocycles. The number of hydrogen-bond donors (Lipinski definition) is 0. The fourth-order valence-corrected chi connectivity index (χ4v) is 2.29. The molecule has 1 amide bonds. The summed E-state index contributed by atoms with van der Waals surface area (Å²) in [6, 6.07) is 3.63. The van der Waals surface area contributed by atoms with E-state index in [-0.39, 0.29) is 11.9 Å². The van der Waals surface area contributed by atoms with Crippen molar-refractivity contribution in [2.75, 3.05) is 6.54 Å².